The highest BCUT2D eigenvalue weighted by Gasteiger charge is 2.29. The number of ether oxygens (including phenoxy) is 1. The molecule has 0 saturated carbocycles. The molecular weight excluding hydrogens is 430 g/mol. The van der Waals surface area contributed by atoms with E-state index >= 15 is 0 Å². The van der Waals surface area contributed by atoms with E-state index in [2.05, 4.69) is 27.6 Å². The van der Waals surface area contributed by atoms with Crippen molar-refractivity contribution < 1.29 is 14.1 Å². The molecule has 3 aromatic rings. The van der Waals surface area contributed by atoms with Gasteiger partial charge in [0.05, 0.1) is 17.7 Å². The van der Waals surface area contributed by atoms with Crippen LogP contribution in [0.25, 0.3) is 22.8 Å². The van der Waals surface area contributed by atoms with Crippen molar-refractivity contribution in [1.29, 1.82) is 5.26 Å². The van der Waals surface area contributed by atoms with Crippen LogP contribution in [-0.2, 0) is 11.2 Å². The molecule has 8 heteroatoms. The molecule has 0 fully saturated rings. The summed E-state index contributed by atoms with van der Waals surface area (Å²) in [6, 6.07) is 13.3. The van der Waals surface area contributed by atoms with Crippen LogP contribution in [0.5, 0.6) is 5.75 Å². The summed E-state index contributed by atoms with van der Waals surface area (Å²) in [5, 5.41) is 17.2. The van der Waals surface area contributed by atoms with Crippen molar-refractivity contribution in [2.45, 2.75) is 51.8 Å². The lowest BCUT2D eigenvalue weighted by molar-refractivity contribution is -0.130. The molecule has 1 N–H and O–H groups in total. The minimum atomic E-state index is -0.275. The third kappa shape index (κ3) is 4.66. The van der Waals surface area contributed by atoms with Gasteiger partial charge in [-0.3, -0.25) is 10.1 Å². The summed E-state index contributed by atoms with van der Waals surface area (Å²) in [4.78, 5) is 18.5. The lowest BCUT2D eigenvalue weighted by atomic mass is 10.0. The van der Waals surface area contributed by atoms with Crippen molar-refractivity contribution in [2.24, 2.45) is 0 Å². The number of nitrogens with zero attached hydrogens (tertiary/aromatic N) is 4. The summed E-state index contributed by atoms with van der Waals surface area (Å²) in [5.74, 6) is 1.43. The number of hydrogen-bond donors (Lipinski definition) is 1. The highest BCUT2D eigenvalue weighted by Crippen LogP contribution is 2.38. The molecule has 1 unspecified atom stereocenters. The van der Waals surface area contributed by atoms with Crippen LogP contribution >= 0.6 is 0 Å². The van der Waals surface area contributed by atoms with Gasteiger partial charge in [0.2, 0.25) is 11.7 Å². The van der Waals surface area contributed by atoms with Crippen molar-refractivity contribution >= 4 is 5.91 Å². The van der Waals surface area contributed by atoms with Crippen LogP contribution in [0.3, 0.4) is 0 Å². The van der Waals surface area contributed by atoms with Gasteiger partial charge in [-0.05, 0) is 62.9 Å². The number of carbonyl (C=O) groups excluding carboxylic acids is 1. The molecule has 0 saturated heterocycles. The van der Waals surface area contributed by atoms with E-state index in [0.717, 1.165) is 29.5 Å². The second-order valence-corrected chi connectivity index (χ2v) is 9.00. The van der Waals surface area contributed by atoms with E-state index in [0.29, 0.717) is 28.6 Å². The Balaban J connectivity index is 1.59. The molecular formula is C26H29N5O3. The zero-order chi connectivity index (χ0) is 24.4. The summed E-state index contributed by atoms with van der Waals surface area (Å²) >= 11 is 0. The smallest absolute Gasteiger partial charge is 0.258 e. The summed E-state index contributed by atoms with van der Waals surface area (Å²) < 4.78 is 11.3. The number of amides is 1. The van der Waals surface area contributed by atoms with E-state index < -0.39 is 0 Å². The van der Waals surface area contributed by atoms with Crippen molar-refractivity contribution in [1.82, 2.24) is 20.4 Å². The average Bonchev–Trinajstić information content (AvgIpc) is 3.46. The summed E-state index contributed by atoms with van der Waals surface area (Å²) in [6.45, 7) is 5.72. The molecule has 8 nitrogen and oxygen atoms in total. The Kier molecular flexibility index (Phi) is 6.66. The first-order chi connectivity index (χ1) is 16.3. The number of benzene rings is 2. The average molecular weight is 460 g/mol. The number of hydrogen-bond acceptors (Lipinski definition) is 7. The number of fused-ring (bicyclic) bond motifs is 1. The first-order valence-electron chi connectivity index (χ1n) is 11.4. The second-order valence-electron chi connectivity index (χ2n) is 9.00. The van der Waals surface area contributed by atoms with Gasteiger partial charge in [0.1, 0.15) is 11.8 Å². The molecule has 0 aliphatic heterocycles. The number of nitrogens with one attached hydrogen (secondary N) is 1. The van der Waals surface area contributed by atoms with Crippen LogP contribution in [0.4, 0.5) is 0 Å². The fraction of sp³-hybridized carbons (Fsp3) is 0.385. The maximum absolute atomic E-state index is 12.3. The second kappa shape index (κ2) is 9.65. The largest absolute Gasteiger partial charge is 0.490 e. The van der Waals surface area contributed by atoms with Crippen LogP contribution in [-0.4, -0.2) is 47.2 Å². The Labute approximate surface area is 199 Å². The maximum Gasteiger partial charge on any atom is 0.258 e. The van der Waals surface area contributed by atoms with E-state index in [1.807, 2.05) is 39.0 Å². The van der Waals surface area contributed by atoms with Gasteiger partial charge in [0.25, 0.3) is 5.89 Å². The summed E-state index contributed by atoms with van der Waals surface area (Å²) in [7, 11) is 3.53. The number of nitriles is 1. The standard InChI is InChI=1S/C26H29N5O3/c1-15(2)33-23-12-9-17(13-18(23)14-27)25-29-24(30-34-25)21-8-6-7-20-19(21)10-11-22(20)28-16(3)26(32)31(4)5/h6-9,12-13,15-16,22,28H,10-11H2,1-5H3/t16?,22-/m1/s1. The number of likely N-dealkylation sites (N-methyl/N-ethyl adjacent to an activating group) is 1. The van der Waals surface area contributed by atoms with Gasteiger partial charge in [0.15, 0.2) is 0 Å². The molecule has 0 radical (unpaired) electrons. The van der Waals surface area contributed by atoms with Crippen molar-refractivity contribution in [3.05, 3.63) is 53.1 Å². The Morgan fingerprint density at radius 1 is 1.26 bits per heavy atom. The lowest BCUT2D eigenvalue weighted by Gasteiger charge is -2.22. The Morgan fingerprint density at radius 2 is 2.06 bits per heavy atom. The number of rotatable bonds is 7. The van der Waals surface area contributed by atoms with E-state index in [1.54, 1.807) is 31.1 Å². The Morgan fingerprint density at radius 3 is 2.76 bits per heavy atom. The van der Waals surface area contributed by atoms with Crippen LogP contribution in [0.1, 0.15) is 49.9 Å². The minimum Gasteiger partial charge on any atom is -0.490 e. The number of aromatic nitrogens is 2. The maximum atomic E-state index is 12.3. The van der Waals surface area contributed by atoms with E-state index in [4.69, 9.17) is 9.26 Å². The molecule has 2 aromatic carbocycles. The van der Waals surface area contributed by atoms with Gasteiger partial charge >= 0.3 is 0 Å². The first kappa shape index (κ1) is 23.5. The zero-order valence-electron chi connectivity index (χ0n) is 20.1. The quantitative estimate of drug-likeness (QED) is 0.567. The molecule has 34 heavy (non-hydrogen) atoms. The lowest BCUT2D eigenvalue weighted by Crippen LogP contribution is -2.42. The SMILES string of the molecule is CC(C)Oc1ccc(-c2nc(-c3cccc4c3CC[C@H]4NC(C)C(=O)N(C)C)no2)cc1C#N. The minimum absolute atomic E-state index is 0.0320. The Bertz CT molecular complexity index is 1240. The van der Waals surface area contributed by atoms with Gasteiger partial charge in [-0.1, -0.05) is 23.4 Å². The molecule has 4 rings (SSSR count). The normalized spacial score (nSPS) is 15.6. The van der Waals surface area contributed by atoms with Crippen LogP contribution in [0.15, 0.2) is 40.9 Å². The van der Waals surface area contributed by atoms with Crippen LogP contribution in [0.2, 0.25) is 0 Å². The van der Waals surface area contributed by atoms with Crippen LogP contribution < -0.4 is 10.1 Å². The van der Waals surface area contributed by atoms with Gasteiger partial charge < -0.3 is 14.2 Å². The topological polar surface area (TPSA) is 104 Å². The van der Waals surface area contributed by atoms with Crippen molar-refractivity contribution in [2.75, 3.05) is 14.1 Å². The molecule has 176 valence electrons. The zero-order valence-corrected chi connectivity index (χ0v) is 20.1. The van der Waals surface area contributed by atoms with Gasteiger partial charge in [-0.2, -0.15) is 10.2 Å². The highest BCUT2D eigenvalue weighted by molar-refractivity contribution is 5.81. The highest BCUT2D eigenvalue weighted by atomic mass is 16.5. The summed E-state index contributed by atoms with van der Waals surface area (Å²) in [6.07, 6.45) is 1.72. The third-order valence-corrected chi connectivity index (χ3v) is 5.91. The predicted octanol–water partition coefficient (Wildman–Crippen LogP) is 4.12. The van der Waals surface area contributed by atoms with E-state index in [1.165, 1.54) is 0 Å². The molecule has 1 amide bonds. The van der Waals surface area contributed by atoms with Crippen molar-refractivity contribution in [3.8, 4) is 34.7 Å². The molecule has 0 spiro atoms. The van der Waals surface area contributed by atoms with E-state index in [9.17, 15) is 10.1 Å². The van der Waals surface area contributed by atoms with Gasteiger partial charge in [-0.15, -0.1) is 0 Å². The molecule has 1 aliphatic carbocycles. The molecule has 0 bridgehead atoms. The van der Waals surface area contributed by atoms with Gasteiger partial charge in [0, 0.05) is 31.3 Å². The fourth-order valence-corrected chi connectivity index (χ4v) is 4.35. The Hall–Kier alpha value is -3.70. The molecule has 2 atom stereocenters. The number of carbonyl (C=O) groups is 1. The molecule has 1 heterocycles. The fourth-order valence-electron chi connectivity index (χ4n) is 4.35. The third-order valence-electron chi connectivity index (χ3n) is 5.91. The van der Waals surface area contributed by atoms with Crippen molar-refractivity contribution in [3.63, 3.8) is 0 Å². The predicted molar refractivity (Wildman–Crippen MR) is 128 cm³/mol. The van der Waals surface area contributed by atoms with Crippen LogP contribution in [0, 0.1) is 11.3 Å². The monoisotopic (exact) mass is 459 g/mol. The van der Waals surface area contributed by atoms with E-state index in [-0.39, 0.29) is 24.1 Å². The first-order valence-corrected chi connectivity index (χ1v) is 11.4. The molecule has 1 aliphatic rings. The summed E-state index contributed by atoms with van der Waals surface area (Å²) in [5.41, 5.74) is 4.32. The van der Waals surface area contributed by atoms with Gasteiger partial charge in [-0.25, -0.2) is 0 Å². The molecule has 1 aromatic heterocycles.